The number of nitrogens with zero attached hydrogens (tertiary/aromatic N) is 6. The molecular formula is C21H21ClF3N7OS. The summed E-state index contributed by atoms with van der Waals surface area (Å²) in [7, 11) is 1.99. The van der Waals surface area contributed by atoms with Gasteiger partial charge in [-0.05, 0) is 59.9 Å². The smallest absolute Gasteiger partial charge is 0.367 e. The van der Waals surface area contributed by atoms with E-state index in [-0.39, 0.29) is 11.4 Å². The Morgan fingerprint density at radius 1 is 1.12 bits per heavy atom. The van der Waals surface area contributed by atoms with Crippen LogP contribution in [-0.2, 0) is 11.0 Å². The number of likely N-dealkylation sites (N-methyl/N-ethyl adjacent to an activating group) is 1. The van der Waals surface area contributed by atoms with Gasteiger partial charge in [-0.3, -0.25) is 4.79 Å². The Balaban J connectivity index is 1.49. The molecule has 8 nitrogen and oxygen atoms in total. The number of nitrogens with one attached hydrogen (secondary N) is 1. The highest BCUT2D eigenvalue weighted by molar-refractivity contribution is 7.99. The standard InChI is InChI=1S/C21H21ClF3N7OS/c1-30-8-10-31(11-9-30)18-7-2-14(21(23,24)25)12-17(18)26-19(33)13-34-20-27-28-29-32(20)16-5-3-15(22)4-6-16/h2-7,12H,8-11,13H2,1H3,(H,26,33). The number of hydrogen-bond donors (Lipinski definition) is 1. The van der Waals surface area contributed by atoms with Gasteiger partial charge in [0.25, 0.3) is 0 Å². The number of alkyl halides is 3. The van der Waals surface area contributed by atoms with Gasteiger partial charge in [-0.1, -0.05) is 23.4 Å². The van der Waals surface area contributed by atoms with Gasteiger partial charge >= 0.3 is 6.18 Å². The Bertz CT molecular complexity index is 1150. The highest BCUT2D eigenvalue weighted by Crippen LogP contribution is 2.36. The number of carbonyl (C=O) groups excluding carboxylic acids is 1. The van der Waals surface area contributed by atoms with Gasteiger partial charge in [0.2, 0.25) is 11.1 Å². The third kappa shape index (κ3) is 5.80. The maximum atomic E-state index is 13.3. The van der Waals surface area contributed by atoms with E-state index in [4.69, 9.17) is 11.6 Å². The molecule has 1 fully saturated rings. The SMILES string of the molecule is CN1CCN(c2ccc(C(F)(F)F)cc2NC(=O)CSc2nnnn2-c2ccc(Cl)cc2)CC1. The third-order valence-electron chi connectivity index (χ3n) is 5.29. The zero-order valence-corrected chi connectivity index (χ0v) is 19.7. The highest BCUT2D eigenvalue weighted by Gasteiger charge is 2.32. The maximum absolute atomic E-state index is 13.3. The Labute approximate surface area is 203 Å². The molecule has 0 unspecified atom stereocenters. The summed E-state index contributed by atoms with van der Waals surface area (Å²) >= 11 is 6.98. The Morgan fingerprint density at radius 3 is 2.50 bits per heavy atom. The minimum absolute atomic E-state index is 0.0909. The molecule has 180 valence electrons. The number of anilines is 2. The van der Waals surface area contributed by atoms with E-state index in [0.717, 1.165) is 37.0 Å². The van der Waals surface area contributed by atoms with Gasteiger partial charge in [-0.25, -0.2) is 0 Å². The molecule has 0 aliphatic carbocycles. The van der Waals surface area contributed by atoms with E-state index in [2.05, 4.69) is 25.7 Å². The number of tetrazole rings is 1. The van der Waals surface area contributed by atoms with Crippen LogP contribution >= 0.6 is 23.4 Å². The first-order chi connectivity index (χ1) is 16.2. The number of aromatic nitrogens is 4. The highest BCUT2D eigenvalue weighted by atomic mass is 35.5. The fourth-order valence-corrected chi connectivity index (χ4v) is 4.28. The monoisotopic (exact) mass is 511 g/mol. The summed E-state index contributed by atoms with van der Waals surface area (Å²) in [5, 5.41) is 15.1. The van der Waals surface area contributed by atoms with Crippen LogP contribution in [0.15, 0.2) is 47.6 Å². The Hall–Kier alpha value is -2.83. The summed E-state index contributed by atoms with van der Waals surface area (Å²) in [6, 6.07) is 10.3. The van der Waals surface area contributed by atoms with Crippen molar-refractivity contribution in [3.63, 3.8) is 0 Å². The first-order valence-electron chi connectivity index (χ1n) is 10.3. The quantitative estimate of drug-likeness (QED) is 0.504. The predicted molar refractivity (Wildman–Crippen MR) is 125 cm³/mol. The summed E-state index contributed by atoms with van der Waals surface area (Å²) in [6.45, 7) is 2.85. The lowest BCUT2D eigenvalue weighted by Crippen LogP contribution is -2.44. The predicted octanol–water partition coefficient (Wildman–Crippen LogP) is 3.82. The van der Waals surface area contributed by atoms with E-state index < -0.39 is 17.6 Å². The number of rotatable bonds is 6. The van der Waals surface area contributed by atoms with Crippen LogP contribution < -0.4 is 10.2 Å². The molecule has 0 atom stereocenters. The molecule has 0 saturated carbocycles. The Kier molecular flexibility index (Phi) is 7.29. The van der Waals surface area contributed by atoms with Gasteiger partial charge in [-0.2, -0.15) is 17.9 Å². The lowest BCUT2D eigenvalue weighted by Gasteiger charge is -2.35. The van der Waals surface area contributed by atoms with Crippen LogP contribution in [0.3, 0.4) is 0 Å². The van der Waals surface area contributed by atoms with E-state index in [1.54, 1.807) is 24.3 Å². The number of carbonyl (C=O) groups is 1. The van der Waals surface area contributed by atoms with Crippen LogP contribution in [0.5, 0.6) is 0 Å². The van der Waals surface area contributed by atoms with E-state index in [9.17, 15) is 18.0 Å². The fraction of sp³-hybridized carbons (Fsp3) is 0.333. The molecular weight excluding hydrogens is 491 g/mol. The van der Waals surface area contributed by atoms with Crippen molar-refractivity contribution in [2.75, 3.05) is 49.2 Å². The summed E-state index contributed by atoms with van der Waals surface area (Å²) in [4.78, 5) is 16.8. The van der Waals surface area contributed by atoms with Gasteiger partial charge < -0.3 is 15.1 Å². The molecule has 34 heavy (non-hydrogen) atoms. The minimum Gasteiger partial charge on any atom is -0.367 e. The Morgan fingerprint density at radius 2 is 1.82 bits per heavy atom. The summed E-state index contributed by atoms with van der Waals surface area (Å²) in [5.41, 5.74) is 0.528. The number of benzene rings is 2. The van der Waals surface area contributed by atoms with Gasteiger partial charge in [-0.15, -0.1) is 5.10 Å². The third-order valence-corrected chi connectivity index (χ3v) is 6.46. The van der Waals surface area contributed by atoms with Crippen LogP contribution in [0.2, 0.25) is 5.02 Å². The second-order valence-corrected chi connectivity index (χ2v) is 9.09. The number of thioether (sulfide) groups is 1. The molecule has 3 aromatic rings. The first-order valence-corrected chi connectivity index (χ1v) is 11.7. The van der Waals surface area contributed by atoms with Crippen LogP contribution in [0.4, 0.5) is 24.5 Å². The molecule has 0 spiro atoms. The van der Waals surface area contributed by atoms with E-state index in [1.165, 1.54) is 10.7 Å². The normalized spacial score (nSPS) is 14.9. The van der Waals surface area contributed by atoms with Crippen LogP contribution in [-0.4, -0.2) is 70.0 Å². The van der Waals surface area contributed by atoms with Crippen molar-refractivity contribution in [3.8, 4) is 5.69 Å². The van der Waals surface area contributed by atoms with Crippen molar-refractivity contribution in [1.82, 2.24) is 25.1 Å². The number of piperazine rings is 1. The van der Waals surface area contributed by atoms with Crippen LogP contribution in [0.1, 0.15) is 5.56 Å². The van der Waals surface area contributed by atoms with Crippen molar-refractivity contribution in [1.29, 1.82) is 0 Å². The number of halogens is 4. The molecule has 1 saturated heterocycles. The zero-order chi connectivity index (χ0) is 24.3. The molecule has 0 bridgehead atoms. The fourth-order valence-electron chi connectivity index (χ4n) is 3.47. The number of hydrogen-bond acceptors (Lipinski definition) is 7. The second kappa shape index (κ2) is 10.2. The van der Waals surface area contributed by atoms with E-state index in [0.29, 0.717) is 34.6 Å². The average molecular weight is 512 g/mol. The molecule has 4 rings (SSSR count). The van der Waals surface area contributed by atoms with Crippen molar-refractivity contribution in [2.24, 2.45) is 0 Å². The van der Waals surface area contributed by atoms with Gasteiger partial charge in [0.05, 0.1) is 28.4 Å². The zero-order valence-electron chi connectivity index (χ0n) is 18.1. The lowest BCUT2D eigenvalue weighted by atomic mass is 10.1. The topological polar surface area (TPSA) is 79.2 Å². The molecule has 1 aromatic heterocycles. The molecule has 1 aliphatic rings. The van der Waals surface area contributed by atoms with Crippen molar-refractivity contribution >= 4 is 40.6 Å². The average Bonchev–Trinajstić information content (AvgIpc) is 3.27. The van der Waals surface area contributed by atoms with Crippen LogP contribution in [0.25, 0.3) is 5.69 Å². The first kappa shape index (κ1) is 24.3. The number of amides is 1. The molecule has 1 aliphatic heterocycles. The van der Waals surface area contributed by atoms with Gasteiger partial charge in [0, 0.05) is 31.2 Å². The summed E-state index contributed by atoms with van der Waals surface area (Å²) < 4.78 is 41.4. The van der Waals surface area contributed by atoms with Gasteiger partial charge in [0.15, 0.2) is 0 Å². The largest absolute Gasteiger partial charge is 0.416 e. The minimum atomic E-state index is -4.52. The second-order valence-electron chi connectivity index (χ2n) is 7.71. The lowest BCUT2D eigenvalue weighted by molar-refractivity contribution is -0.137. The van der Waals surface area contributed by atoms with Crippen molar-refractivity contribution in [3.05, 3.63) is 53.1 Å². The van der Waals surface area contributed by atoms with E-state index >= 15 is 0 Å². The molecule has 13 heteroatoms. The maximum Gasteiger partial charge on any atom is 0.416 e. The van der Waals surface area contributed by atoms with Crippen molar-refractivity contribution < 1.29 is 18.0 Å². The molecule has 2 heterocycles. The van der Waals surface area contributed by atoms with E-state index in [1.807, 2.05) is 11.9 Å². The molecule has 1 amide bonds. The summed E-state index contributed by atoms with van der Waals surface area (Å²) in [6.07, 6.45) is -4.52. The van der Waals surface area contributed by atoms with Gasteiger partial charge in [0.1, 0.15) is 0 Å². The molecule has 0 radical (unpaired) electrons. The molecule has 2 aromatic carbocycles. The molecule has 1 N–H and O–H groups in total. The summed E-state index contributed by atoms with van der Waals surface area (Å²) in [5.74, 6) is -0.558. The van der Waals surface area contributed by atoms with Crippen LogP contribution in [0, 0.1) is 0 Å². The van der Waals surface area contributed by atoms with Crippen molar-refractivity contribution in [2.45, 2.75) is 11.3 Å².